The maximum absolute atomic E-state index is 13.4. The molecule has 0 saturated heterocycles. The number of halogens is 1. The third-order valence-electron chi connectivity index (χ3n) is 6.47. The van der Waals surface area contributed by atoms with E-state index in [2.05, 4.69) is 32.6 Å². The van der Waals surface area contributed by atoms with E-state index in [1.54, 1.807) is 19.1 Å². The largest absolute Gasteiger partial charge is 0.371 e. The zero-order valence-electron chi connectivity index (χ0n) is 22.1. The van der Waals surface area contributed by atoms with Gasteiger partial charge in [-0.05, 0) is 53.4 Å². The Morgan fingerprint density at radius 2 is 1.45 bits per heavy atom. The van der Waals surface area contributed by atoms with E-state index in [9.17, 15) is 14.9 Å². The summed E-state index contributed by atoms with van der Waals surface area (Å²) in [5.41, 5.74) is 4.30. The molecule has 0 aliphatic heterocycles. The molecule has 4 aromatic carbocycles. The number of nitriles is 1. The van der Waals surface area contributed by atoms with Crippen LogP contribution in [0.1, 0.15) is 28.4 Å². The van der Waals surface area contributed by atoms with Gasteiger partial charge >= 0.3 is 0 Å². The van der Waals surface area contributed by atoms with Gasteiger partial charge in [-0.3, -0.25) is 9.59 Å². The standard InChI is InChI=1S/C33H30BrN3O3/c1-23(40-22-24-9-4-2-5-10-24)31(21-35)37-33(39)30(20-25-11-8-14-29(34)19-25)36-32(38)28-17-15-27(16-18-28)26-12-6-3-7-13-26/h2-19,23,30-31H,20,22H2,1H3,(H,36,38)(H,37,39)/t23-,30+,31-/m1/s1. The molecule has 7 heteroatoms. The molecule has 3 atom stereocenters. The number of hydrogen-bond donors (Lipinski definition) is 2. The van der Waals surface area contributed by atoms with Crippen molar-refractivity contribution in [3.63, 3.8) is 0 Å². The fourth-order valence-electron chi connectivity index (χ4n) is 4.20. The SMILES string of the molecule is C[C@@H](OCc1ccccc1)[C@@H](C#N)NC(=O)[C@H](Cc1cccc(Br)c1)NC(=O)c1ccc(-c2ccccc2)cc1. The minimum atomic E-state index is -0.909. The van der Waals surface area contributed by atoms with Crippen LogP contribution in [0.15, 0.2) is 114 Å². The van der Waals surface area contributed by atoms with Gasteiger partial charge in [0.15, 0.2) is 0 Å². The van der Waals surface area contributed by atoms with Crippen molar-refractivity contribution >= 4 is 27.7 Å². The van der Waals surface area contributed by atoms with Gasteiger partial charge in [0.1, 0.15) is 12.1 Å². The number of rotatable bonds is 11. The van der Waals surface area contributed by atoms with Crippen molar-refractivity contribution < 1.29 is 14.3 Å². The maximum Gasteiger partial charge on any atom is 0.251 e. The molecule has 2 N–H and O–H groups in total. The van der Waals surface area contributed by atoms with E-state index in [1.165, 1.54) is 0 Å². The summed E-state index contributed by atoms with van der Waals surface area (Å²) in [4.78, 5) is 26.7. The van der Waals surface area contributed by atoms with Crippen LogP contribution in [0, 0.1) is 11.3 Å². The number of nitrogens with one attached hydrogen (secondary N) is 2. The molecule has 0 aliphatic carbocycles. The maximum atomic E-state index is 13.4. The molecule has 0 heterocycles. The van der Waals surface area contributed by atoms with Gasteiger partial charge in [0.05, 0.1) is 18.8 Å². The zero-order chi connectivity index (χ0) is 28.3. The van der Waals surface area contributed by atoms with Crippen molar-refractivity contribution in [1.29, 1.82) is 5.26 Å². The summed E-state index contributed by atoms with van der Waals surface area (Å²) in [5, 5.41) is 15.4. The topological polar surface area (TPSA) is 91.2 Å². The first kappa shape index (κ1) is 28.8. The molecule has 0 aromatic heterocycles. The number of carbonyl (C=O) groups excluding carboxylic acids is 2. The fraction of sp³-hybridized carbons (Fsp3) is 0.182. The van der Waals surface area contributed by atoms with E-state index in [0.29, 0.717) is 12.2 Å². The van der Waals surface area contributed by atoms with Gasteiger partial charge in [-0.2, -0.15) is 5.26 Å². The van der Waals surface area contributed by atoms with Crippen LogP contribution < -0.4 is 10.6 Å². The summed E-state index contributed by atoms with van der Waals surface area (Å²) in [6, 6.07) is 34.6. The van der Waals surface area contributed by atoms with Crippen molar-refractivity contribution in [3.8, 4) is 17.2 Å². The van der Waals surface area contributed by atoms with Gasteiger partial charge in [0, 0.05) is 16.5 Å². The minimum absolute atomic E-state index is 0.247. The van der Waals surface area contributed by atoms with Crippen molar-refractivity contribution in [3.05, 3.63) is 130 Å². The molecule has 40 heavy (non-hydrogen) atoms. The summed E-state index contributed by atoms with van der Waals surface area (Å²) in [6.45, 7) is 2.06. The van der Waals surface area contributed by atoms with E-state index in [-0.39, 0.29) is 12.3 Å². The summed E-state index contributed by atoms with van der Waals surface area (Å²) < 4.78 is 6.73. The number of benzene rings is 4. The molecule has 202 valence electrons. The third-order valence-corrected chi connectivity index (χ3v) is 6.96. The molecule has 0 fully saturated rings. The predicted octanol–water partition coefficient (Wildman–Crippen LogP) is 6.07. The molecule has 4 rings (SSSR count). The van der Waals surface area contributed by atoms with E-state index < -0.39 is 24.1 Å². The first-order valence-electron chi connectivity index (χ1n) is 13.0. The van der Waals surface area contributed by atoms with Crippen molar-refractivity contribution in [2.45, 2.75) is 38.1 Å². The number of amides is 2. The lowest BCUT2D eigenvalue weighted by Crippen LogP contribution is -2.52. The third kappa shape index (κ3) is 8.12. The zero-order valence-corrected chi connectivity index (χ0v) is 23.7. The molecular formula is C33H30BrN3O3. The Balaban J connectivity index is 1.46. The highest BCUT2D eigenvalue weighted by Gasteiger charge is 2.27. The summed E-state index contributed by atoms with van der Waals surface area (Å²) >= 11 is 3.46. The number of nitrogens with zero attached hydrogens (tertiary/aromatic N) is 1. The van der Waals surface area contributed by atoms with Gasteiger partial charge < -0.3 is 15.4 Å². The monoisotopic (exact) mass is 595 g/mol. The normalized spacial score (nSPS) is 12.9. The Labute approximate surface area is 243 Å². The molecule has 0 saturated carbocycles. The van der Waals surface area contributed by atoms with Gasteiger partial charge in [-0.15, -0.1) is 0 Å². The Hall–Kier alpha value is -4.25. The highest BCUT2D eigenvalue weighted by Crippen LogP contribution is 2.20. The smallest absolute Gasteiger partial charge is 0.251 e. The molecule has 0 bridgehead atoms. The first-order valence-corrected chi connectivity index (χ1v) is 13.8. The van der Waals surface area contributed by atoms with Crippen LogP contribution in [-0.2, 0) is 22.6 Å². The van der Waals surface area contributed by atoms with Crippen LogP contribution >= 0.6 is 15.9 Å². The van der Waals surface area contributed by atoms with Crippen LogP contribution in [-0.4, -0.2) is 30.0 Å². The summed E-state index contributed by atoms with van der Waals surface area (Å²) in [5.74, 6) is -0.840. The van der Waals surface area contributed by atoms with Crippen LogP contribution in [0.5, 0.6) is 0 Å². The van der Waals surface area contributed by atoms with E-state index in [1.807, 2.05) is 97.1 Å². The summed E-state index contributed by atoms with van der Waals surface area (Å²) in [7, 11) is 0. The molecule has 0 unspecified atom stereocenters. The molecule has 4 aromatic rings. The van der Waals surface area contributed by atoms with E-state index in [4.69, 9.17) is 4.74 Å². The highest BCUT2D eigenvalue weighted by atomic mass is 79.9. The number of hydrogen-bond acceptors (Lipinski definition) is 4. The Kier molecular flexibility index (Phi) is 10.2. The van der Waals surface area contributed by atoms with Crippen molar-refractivity contribution in [2.75, 3.05) is 0 Å². The summed E-state index contributed by atoms with van der Waals surface area (Å²) in [6.07, 6.45) is -0.321. The average Bonchev–Trinajstić information content (AvgIpc) is 2.99. The second-order valence-electron chi connectivity index (χ2n) is 9.42. The first-order chi connectivity index (χ1) is 19.4. The number of carbonyl (C=O) groups is 2. The Bertz CT molecular complexity index is 1450. The highest BCUT2D eigenvalue weighted by molar-refractivity contribution is 9.10. The van der Waals surface area contributed by atoms with Crippen molar-refractivity contribution in [1.82, 2.24) is 10.6 Å². The quantitative estimate of drug-likeness (QED) is 0.220. The van der Waals surface area contributed by atoms with E-state index >= 15 is 0 Å². The van der Waals surface area contributed by atoms with Crippen LogP contribution in [0.3, 0.4) is 0 Å². The van der Waals surface area contributed by atoms with Gasteiger partial charge in [-0.25, -0.2) is 0 Å². The second-order valence-corrected chi connectivity index (χ2v) is 10.3. The molecule has 0 spiro atoms. The van der Waals surface area contributed by atoms with Gasteiger partial charge in [-0.1, -0.05) is 101 Å². The Morgan fingerprint density at radius 1 is 0.825 bits per heavy atom. The van der Waals surface area contributed by atoms with Crippen LogP contribution in [0.4, 0.5) is 0 Å². The fourth-order valence-corrected chi connectivity index (χ4v) is 4.65. The average molecular weight is 597 g/mol. The van der Waals surface area contributed by atoms with Gasteiger partial charge in [0.2, 0.25) is 5.91 Å². The van der Waals surface area contributed by atoms with Crippen LogP contribution in [0.2, 0.25) is 0 Å². The lowest BCUT2D eigenvalue weighted by molar-refractivity contribution is -0.124. The van der Waals surface area contributed by atoms with Crippen LogP contribution in [0.25, 0.3) is 11.1 Å². The van der Waals surface area contributed by atoms with Gasteiger partial charge in [0.25, 0.3) is 5.91 Å². The van der Waals surface area contributed by atoms with Crippen molar-refractivity contribution in [2.24, 2.45) is 0 Å². The lowest BCUT2D eigenvalue weighted by atomic mass is 10.0. The molecule has 0 aliphatic rings. The molecule has 6 nitrogen and oxygen atoms in total. The number of ether oxygens (including phenoxy) is 1. The molecular weight excluding hydrogens is 566 g/mol. The molecule has 2 amide bonds. The minimum Gasteiger partial charge on any atom is -0.371 e. The Morgan fingerprint density at radius 3 is 2.10 bits per heavy atom. The van der Waals surface area contributed by atoms with E-state index in [0.717, 1.165) is 26.7 Å². The lowest BCUT2D eigenvalue weighted by Gasteiger charge is -2.24. The second kappa shape index (κ2) is 14.2. The molecule has 0 radical (unpaired) electrons. The predicted molar refractivity (Wildman–Crippen MR) is 159 cm³/mol.